The molecule has 0 aromatic heterocycles. The summed E-state index contributed by atoms with van der Waals surface area (Å²) in [7, 11) is 1.61. The predicted octanol–water partition coefficient (Wildman–Crippen LogP) is 4.05. The molecule has 0 aliphatic rings. The summed E-state index contributed by atoms with van der Waals surface area (Å²) < 4.78 is 11.8. The molecule has 0 saturated carbocycles. The van der Waals surface area contributed by atoms with E-state index in [1.807, 2.05) is 30.3 Å². The Bertz CT molecular complexity index is 466. The zero-order valence-electron chi connectivity index (χ0n) is 8.74. The molecule has 16 heavy (non-hydrogen) atoms. The van der Waals surface area contributed by atoms with Crippen LogP contribution in [0.2, 0.25) is 0 Å². The van der Waals surface area contributed by atoms with Crippen LogP contribution in [0.15, 0.2) is 46.9 Å². The molecular weight excluding hydrogens is 268 g/mol. The Balaban J connectivity index is 2.16. The van der Waals surface area contributed by atoms with E-state index in [1.165, 1.54) is 0 Å². The fourth-order valence-electron chi connectivity index (χ4n) is 1.24. The third kappa shape index (κ3) is 2.76. The molecule has 0 amide bonds. The van der Waals surface area contributed by atoms with Crippen LogP contribution in [-0.4, -0.2) is 7.11 Å². The number of hydrogen-bond acceptors (Lipinski definition) is 2. The summed E-state index contributed by atoms with van der Waals surface area (Å²) in [6, 6.07) is 16.0. The highest BCUT2D eigenvalue weighted by Gasteiger charge is 1.99. The fourth-order valence-corrected chi connectivity index (χ4v) is 1.51. The number of ether oxygens (including phenoxy) is 2. The third-order valence-electron chi connectivity index (χ3n) is 2.02. The minimum Gasteiger partial charge on any atom is -0.496 e. The van der Waals surface area contributed by atoms with Crippen molar-refractivity contribution in [3.8, 4) is 17.2 Å². The van der Waals surface area contributed by atoms with Gasteiger partial charge in [0.1, 0.15) is 17.2 Å². The first kappa shape index (κ1) is 11.0. The molecule has 1 radical (unpaired) electrons. The molecule has 0 heterocycles. The first-order valence-electron chi connectivity index (χ1n) is 4.77. The minimum absolute atomic E-state index is 0.662. The lowest BCUT2D eigenvalue weighted by Gasteiger charge is -2.06. The SMILES string of the molecule is COc1[c]ccc(Oc2ccc(Br)cc2)c1. The molecule has 0 bridgehead atoms. The van der Waals surface area contributed by atoms with E-state index in [1.54, 1.807) is 19.2 Å². The second kappa shape index (κ2) is 5.03. The van der Waals surface area contributed by atoms with Crippen molar-refractivity contribution in [2.45, 2.75) is 0 Å². The molecular formula is C13H10BrO2. The van der Waals surface area contributed by atoms with Gasteiger partial charge < -0.3 is 9.47 Å². The highest BCUT2D eigenvalue weighted by molar-refractivity contribution is 9.10. The van der Waals surface area contributed by atoms with Gasteiger partial charge in [0.05, 0.1) is 7.11 Å². The summed E-state index contributed by atoms with van der Waals surface area (Å²) >= 11 is 3.37. The van der Waals surface area contributed by atoms with Crippen LogP contribution in [-0.2, 0) is 0 Å². The van der Waals surface area contributed by atoms with Crippen molar-refractivity contribution in [3.05, 3.63) is 53.0 Å². The number of benzene rings is 2. The highest BCUT2D eigenvalue weighted by atomic mass is 79.9. The number of rotatable bonds is 3. The average molecular weight is 278 g/mol. The number of halogens is 1. The van der Waals surface area contributed by atoms with Crippen LogP contribution in [0.25, 0.3) is 0 Å². The van der Waals surface area contributed by atoms with Crippen molar-refractivity contribution < 1.29 is 9.47 Å². The van der Waals surface area contributed by atoms with Gasteiger partial charge in [0.25, 0.3) is 0 Å². The summed E-state index contributed by atoms with van der Waals surface area (Å²) in [4.78, 5) is 0. The standard InChI is InChI=1S/C13H10BrO2/c1-15-12-3-2-4-13(9-12)16-11-7-5-10(14)6-8-11/h2,4-9H,1H3. The fraction of sp³-hybridized carbons (Fsp3) is 0.0769. The van der Waals surface area contributed by atoms with Gasteiger partial charge in [0.2, 0.25) is 0 Å². The Labute approximate surface area is 103 Å². The molecule has 2 aromatic rings. The molecule has 3 heteroatoms. The number of hydrogen-bond donors (Lipinski definition) is 0. The van der Waals surface area contributed by atoms with Gasteiger partial charge in [-0.25, -0.2) is 0 Å². The average Bonchev–Trinajstić information content (AvgIpc) is 2.32. The van der Waals surface area contributed by atoms with Crippen molar-refractivity contribution in [1.29, 1.82) is 0 Å². The van der Waals surface area contributed by atoms with Crippen LogP contribution < -0.4 is 9.47 Å². The van der Waals surface area contributed by atoms with Crippen molar-refractivity contribution in [2.24, 2.45) is 0 Å². The zero-order valence-corrected chi connectivity index (χ0v) is 10.3. The zero-order chi connectivity index (χ0) is 11.4. The lowest BCUT2D eigenvalue weighted by Crippen LogP contribution is -1.86. The van der Waals surface area contributed by atoms with Crippen molar-refractivity contribution in [2.75, 3.05) is 7.11 Å². The second-order valence-electron chi connectivity index (χ2n) is 3.15. The molecule has 81 valence electrons. The van der Waals surface area contributed by atoms with Crippen LogP contribution >= 0.6 is 15.9 Å². The summed E-state index contributed by atoms with van der Waals surface area (Å²) in [5, 5.41) is 0. The molecule has 0 saturated heterocycles. The largest absolute Gasteiger partial charge is 0.496 e. The van der Waals surface area contributed by atoms with Crippen LogP contribution in [0.1, 0.15) is 0 Å². The summed E-state index contributed by atoms with van der Waals surface area (Å²) in [6.07, 6.45) is 0. The lowest BCUT2D eigenvalue weighted by molar-refractivity contribution is 0.408. The van der Waals surface area contributed by atoms with E-state index in [0.717, 1.165) is 16.0 Å². The predicted molar refractivity (Wildman–Crippen MR) is 66.0 cm³/mol. The lowest BCUT2D eigenvalue weighted by atomic mass is 10.3. The summed E-state index contributed by atoms with van der Waals surface area (Å²) in [6.45, 7) is 0. The van der Waals surface area contributed by atoms with Crippen molar-refractivity contribution >= 4 is 15.9 Å². The topological polar surface area (TPSA) is 18.5 Å². The van der Waals surface area contributed by atoms with Gasteiger partial charge in [0, 0.05) is 16.6 Å². The molecule has 0 aliphatic carbocycles. The maximum Gasteiger partial charge on any atom is 0.131 e. The van der Waals surface area contributed by atoms with E-state index in [9.17, 15) is 0 Å². The minimum atomic E-state index is 0.662. The molecule has 0 fully saturated rings. The molecule has 0 spiro atoms. The molecule has 0 aliphatic heterocycles. The maximum atomic E-state index is 5.65. The Hall–Kier alpha value is -1.48. The molecule has 0 atom stereocenters. The van der Waals surface area contributed by atoms with Gasteiger partial charge in [0.15, 0.2) is 0 Å². The van der Waals surface area contributed by atoms with Crippen LogP contribution in [0, 0.1) is 6.07 Å². The van der Waals surface area contributed by atoms with E-state index in [2.05, 4.69) is 22.0 Å². The third-order valence-corrected chi connectivity index (χ3v) is 2.54. The van der Waals surface area contributed by atoms with Gasteiger partial charge in [-0.1, -0.05) is 15.9 Å². The van der Waals surface area contributed by atoms with Crippen molar-refractivity contribution in [1.82, 2.24) is 0 Å². The Morgan fingerprint density at radius 2 is 1.81 bits per heavy atom. The number of methoxy groups -OCH3 is 1. The van der Waals surface area contributed by atoms with Crippen molar-refractivity contribution in [3.63, 3.8) is 0 Å². The monoisotopic (exact) mass is 277 g/mol. The molecule has 2 aromatic carbocycles. The van der Waals surface area contributed by atoms with Gasteiger partial charge >= 0.3 is 0 Å². The quantitative estimate of drug-likeness (QED) is 0.843. The second-order valence-corrected chi connectivity index (χ2v) is 4.06. The summed E-state index contributed by atoms with van der Waals surface area (Å²) in [5.41, 5.74) is 0. The molecule has 2 nitrogen and oxygen atoms in total. The Morgan fingerprint density at radius 3 is 2.50 bits per heavy atom. The Kier molecular flexibility index (Phi) is 3.47. The summed E-state index contributed by atoms with van der Waals surface area (Å²) in [5.74, 6) is 2.18. The van der Waals surface area contributed by atoms with Crippen LogP contribution in [0.5, 0.6) is 17.2 Å². The Morgan fingerprint density at radius 1 is 1.06 bits per heavy atom. The smallest absolute Gasteiger partial charge is 0.131 e. The molecule has 0 N–H and O–H groups in total. The van der Waals surface area contributed by atoms with E-state index >= 15 is 0 Å². The maximum absolute atomic E-state index is 5.65. The van der Waals surface area contributed by atoms with Gasteiger partial charge in [-0.15, -0.1) is 0 Å². The normalized spacial score (nSPS) is 9.88. The van der Waals surface area contributed by atoms with Gasteiger partial charge in [-0.2, -0.15) is 0 Å². The first-order chi connectivity index (χ1) is 7.78. The van der Waals surface area contributed by atoms with Gasteiger partial charge in [-0.05, 0) is 36.4 Å². The van der Waals surface area contributed by atoms with Crippen LogP contribution in [0.4, 0.5) is 0 Å². The van der Waals surface area contributed by atoms with Crippen LogP contribution in [0.3, 0.4) is 0 Å². The van der Waals surface area contributed by atoms with E-state index in [0.29, 0.717) is 5.75 Å². The van der Waals surface area contributed by atoms with E-state index in [-0.39, 0.29) is 0 Å². The van der Waals surface area contributed by atoms with E-state index in [4.69, 9.17) is 9.47 Å². The molecule has 0 unspecified atom stereocenters. The highest BCUT2D eigenvalue weighted by Crippen LogP contribution is 2.25. The van der Waals surface area contributed by atoms with Gasteiger partial charge in [-0.3, -0.25) is 0 Å². The molecule has 2 rings (SSSR count). The first-order valence-corrected chi connectivity index (χ1v) is 5.56. The van der Waals surface area contributed by atoms with E-state index < -0.39 is 0 Å².